The van der Waals surface area contributed by atoms with Gasteiger partial charge in [-0.05, 0) is 6.92 Å². The quantitative estimate of drug-likeness (QED) is 0.531. The Balaban J connectivity index is 0. The fourth-order valence-electron chi connectivity index (χ4n) is 0.202. The molecule has 0 bridgehead atoms. The summed E-state index contributed by atoms with van der Waals surface area (Å²) in [6.45, 7) is 6.04. The SMILES string of the molecule is C.C#CCNC(=C)C. The van der Waals surface area contributed by atoms with E-state index in [2.05, 4.69) is 17.8 Å². The molecule has 0 aliphatic heterocycles. The fraction of sp³-hybridized carbons (Fsp3) is 0.429. The van der Waals surface area contributed by atoms with Crippen molar-refractivity contribution >= 4 is 0 Å². The lowest BCUT2D eigenvalue weighted by molar-refractivity contribution is 0.927. The van der Waals surface area contributed by atoms with E-state index in [9.17, 15) is 0 Å². The van der Waals surface area contributed by atoms with E-state index in [1.807, 2.05) is 6.92 Å². The normalized spacial score (nSPS) is 6.00. The Hall–Kier alpha value is -0.900. The molecule has 0 fully saturated rings. The molecule has 0 aromatic heterocycles. The number of allylic oxidation sites excluding steroid dienone is 1. The highest BCUT2D eigenvalue weighted by Crippen LogP contribution is 1.72. The van der Waals surface area contributed by atoms with Crippen LogP contribution in [0.1, 0.15) is 14.4 Å². The van der Waals surface area contributed by atoms with Gasteiger partial charge in [-0.2, -0.15) is 0 Å². The molecular formula is C7H13N. The Bertz CT molecular complexity index is 97.4. The third kappa shape index (κ3) is 8.92. The van der Waals surface area contributed by atoms with Crippen molar-refractivity contribution in [1.82, 2.24) is 5.32 Å². The average molecular weight is 111 g/mol. The van der Waals surface area contributed by atoms with Gasteiger partial charge in [0.15, 0.2) is 0 Å². The van der Waals surface area contributed by atoms with Crippen LogP contribution < -0.4 is 5.32 Å². The summed E-state index contributed by atoms with van der Waals surface area (Å²) in [5.41, 5.74) is 0.915. The van der Waals surface area contributed by atoms with Crippen molar-refractivity contribution in [2.45, 2.75) is 14.4 Å². The maximum absolute atomic E-state index is 4.92. The Morgan fingerprint density at radius 1 is 1.88 bits per heavy atom. The van der Waals surface area contributed by atoms with Crippen LogP contribution in [-0.4, -0.2) is 6.54 Å². The summed E-state index contributed by atoms with van der Waals surface area (Å²) in [6, 6.07) is 0. The number of hydrogen-bond acceptors (Lipinski definition) is 1. The lowest BCUT2D eigenvalue weighted by Gasteiger charge is -1.94. The molecule has 0 atom stereocenters. The van der Waals surface area contributed by atoms with Crippen LogP contribution in [0.15, 0.2) is 12.3 Å². The highest BCUT2D eigenvalue weighted by Gasteiger charge is 1.73. The molecule has 0 aromatic rings. The number of terminal acetylenes is 1. The minimum atomic E-state index is 0. The smallest absolute Gasteiger partial charge is 0.0760 e. The van der Waals surface area contributed by atoms with Gasteiger partial charge in [0, 0.05) is 5.70 Å². The predicted octanol–water partition coefficient (Wildman–Crippen LogP) is 1.38. The van der Waals surface area contributed by atoms with Gasteiger partial charge >= 0.3 is 0 Å². The molecular weight excluding hydrogens is 98.1 g/mol. The summed E-state index contributed by atoms with van der Waals surface area (Å²) in [7, 11) is 0. The van der Waals surface area contributed by atoms with Crippen LogP contribution in [0.3, 0.4) is 0 Å². The first-order valence-corrected chi connectivity index (χ1v) is 2.10. The highest BCUT2D eigenvalue weighted by atomic mass is 14.8. The van der Waals surface area contributed by atoms with Crippen LogP contribution in [0.2, 0.25) is 0 Å². The second kappa shape index (κ2) is 6.10. The van der Waals surface area contributed by atoms with Gasteiger partial charge in [0.2, 0.25) is 0 Å². The van der Waals surface area contributed by atoms with E-state index in [1.165, 1.54) is 0 Å². The molecule has 0 rings (SSSR count). The minimum Gasteiger partial charge on any atom is -0.378 e. The van der Waals surface area contributed by atoms with Crippen molar-refractivity contribution < 1.29 is 0 Å². The van der Waals surface area contributed by atoms with Gasteiger partial charge in [0.25, 0.3) is 0 Å². The molecule has 0 saturated carbocycles. The zero-order valence-electron chi connectivity index (χ0n) is 4.49. The second-order valence-corrected chi connectivity index (χ2v) is 1.34. The van der Waals surface area contributed by atoms with Crippen LogP contribution in [0.4, 0.5) is 0 Å². The van der Waals surface area contributed by atoms with Gasteiger partial charge in [0.05, 0.1) is 6.54 Å². The van der Waals surface area contributed by atoms with E-state index in [-0.39, 0.29) is 7.43 Å². The van der Waals surface area contributed by atoms with Crippen LogP contribution in [0.5, 0.6) is 0 Å². The van der Waals surface area contributed by atoms with Gasteiger partial charge in [-0.25, -0.2) is 0 Å². The summed E-state index contributed by atoms with van der Waals surface area (Å²) < 4.78 is 0. The number of hydrogen-bond donors (Lipinski definition) is 1. The molecule has 0 amide bonds. The number of rotatable bonds is 2. The lowest BCUT2D eigenvalue weighted by Crippen LogP contribution is -2.08. The first-order chi connectivity index (χ1) is 3.27. The second-order valence-electron chi connectivity index (χ2n) is 1.34. The van der Waals surface area contributed by atoms with Crippen LogP contribution in [0, 0.1) is 12.3 Å². The maximum atomic E-state index is 4.92. The largest absolute Gasteiger partial charge is 0.378 e. The van der Waals surface area contributed by atoms with Crippen LogP contribution in [-0.2, 0) is 0 Å². The molecule has 0 saturated heterocycles. The summed E-state index contributed by atoms with van der Waals surface area (Å²) in [4.78, 5) is 0. The molecule has 1 nitrogen and oxygen atoms in total. The van der Waals surface area contributed by atoms with Gasteiger partial charge in [0.1, 0.15) is 0 Å². The summed E-state index contributed by atoms with van der Waals surface area (Å²) >= 11 is 0. The molecule has 0 aromatic carbocycles. The zero-order chi connectivity index (χ0) is 5.70. The molecule has 0 aliphatic rings. The third-order valence-electron chi connectivity index (χ3n) is 0.492. The zero-order valence-corrected chi connectivity index (χ0v) is 4.49. The Morgan fingerprint density at radius 2 is 2.38 bits per heavy atom. The van der Waals surface area contributed by atoms with Gasteiger partial charge < -0.3 is 5.32 Å². The van der Waals surface area contributed by atoms with Gasteiger partial charge in [-0.15, -0.1) is 6.42 Å². The Labute approximate surface area is 51.8 Å². The van der Waals surface area contributed by atoms with Gasteiger partial charge in [-0.3, -0.25) is 0 Å². The molecule has 8 heavy (non-hydrogen) atoms. The van der Waals surface area contributed by atoms with Crippen molar-refractivity contribution in [3.8, 4) is 12.3 Å². The topological polar surface area (TPSA) is 12.0 Å². The summed E-state index contributed by atoms with van der Waals surface area (Å²) in [6.07, 6.45) is 4.92. The van der Waals surface area contributed by atoms with Crippen LogP contribution in [0.25, 0.3) is 0 Å². The van der Waals surface area contributed by atoms with Crippen molar-refractivity contribution in [2.24, 2.45) is 0 Å². The maximum Gasteiger partial charge on any atom is 0.0760 e. The molecule has 1 heteroatoms. The van der Waals surface area contributed by atoms with E-state index in [0.717, 1.165) is 5.70 Å². The van der Waals surface area contributed by atoms with E-state index >= 15 is 0 Å². The Morgan fingerprint density at radius 3 is 2.50 bits per heavy atom. The average Bonchev–Trinajstić information content (AvgIpc) is 1.61. The van der Waals surface area contributed by atoms with E-state index < -0.39 is 0 Å². The fourth-order valence-corrected chi connectivity index (χ4v) is 0.202. The Kier molecular flexibility index (Phi) is 7.74. The number of nitrogens with one attached hydrogen (secondary N) is 1. The van der Waals surface area contributed by atoms with Gasteiger partial charge in [-0.1, -0.05) is 19.9 Å². The third-order valence-corrected chi connectivity index (χ3v) is 0.492. The van der Waals surface area contributed by atoms with Crippen molar-refractivity contribution in [1.29, 1.82) is 0 Å². The minimum absolute atomic E-state index is 0. The lowest BCUT2D eigenvalue weighted by atomic mass is 10.5. The molecule has 0 aliphatic carbocycles. The molecule has 0 unspecified atom stereocenters. The van der Waals surface area contributed by atoms with Crippen molar-refractivity contribution in [2.75, 3.05) is 6.54 Å². The predicted molar refractivity (Wildman–Crippen MR) is 38.4 cm³/mol. The van der Waals surface area contributed by atoms with Crippen molar-refractivity contribution in [3.05, 3.63) is 12.3 Å². The molecule has 0 radical (unpaired) electrons. The molecule has 0 heterocycles. The molecule has 0 spiro atoms. The monoisotopic (exact) mass is 111 g/mol. The van der Waals surface area contributed by atoms with Crippen LogP contribution >= 0.6 is 0 Å². The molecule has 46 valence electrons. The highest BCUT2D eigenvalue weighted by molar-refractivity contribution is 4.94. The van der Waals surface area contributed by atoms with E-state index in [1.54, 1.807) is 0 Å². The standard InChI is InChI=1S/C6H9N.CH4/c1-4-5-7-6(2)3;/h1,7H,2,5H2,3H3;1H4. The van der Waals surface area contributed by atoms with E-state index in [4.69, 9.17) is 6.42 Å². The first kappa shape index (κ1) is 10.2. The van der Waals surface area contributed by atoms with Crippen molar-refractivity contribution in [3.63, 3.8) is 0 Å². The van der Waals surface area contributed by atoms with E-state index in [0.29, 0.717) is 6.54 Å². The molecule has 1 N–H and O–H groups in total. The summed E-state index contributed by atoms with van der Waals surface area (Å²) in [5.74, 6) is 2.43. The summed E-state index contributed by atoms with van der Waals surface area (Å²) in [5, 5.41) is 2.86. The first-order valence-electron chi connectivity index (χ1n) is 2.10.